The molecule has 4 nitrogen and oxygen atoms in total. The third kappa shape index (κ3) is 5.06. The lowest BCUT2D eigenvalue weighted by molar-refractivity contribution is -0.678. The van der Waals surface area contributed by atoms with Crippen molar-refractivity contribution in [2.45, 2.75) is 12.5 Å². The van der Waals surface area contributed by atoms with Crippen LogP contribution in [0.3, 0.4) is 0 Å². The van der Waals surface area contributed by atoms with Gasteiger partial charge in [-0.2, -0.15) is 0 Å². The average Bonchev–Trinajstić information content (AvgIpc) is 3.18. The van der Waals surface area contributed by atoms with Gasteiger partial charge in [0.2, 0.25) is 0 Å². The molecule has 0 bridgehead atoms. The number of quaternary nitrogens is 1. The largest absolute Gasteiger partial charge is 0.463 e. The number of nitrogens with two attached hydrogens (primary N) is 1. The SMILES string of the molecule is O=C(C[NH2+][C@@H](c1ccccc1)c1ccco1)NCCc1ccccc1. The molecule has 1 atom stereocenters. The van der Waals surface area contributed by atoms with Crippen LogP contribution in [-0.2, 0) is 11.2 Å². The van der Waals surface area contributed by atoms with E-state index >= 15 is 0 Å². The van der Waals surface area contributed by atoms with Crippen molar-refractivity contribution in [2.75, 3.05) is 13.1 Å². The number of rotatable bonds is 8. The topological polar surface area (TPSA) is 58.9 Å². The number of carbonyl (C=O) groups excluding carboxylic acids is 1. The highest BCUT2D eigenvalue weighted by atomic mass is 16.3. The van der Waals surface area contributed by atoms with E-state index in [-0.39, 0.29) is 11.9 Å². The monoisotopic (exact) mass is 335 g/mol. The van der Waals surface area contributed by atoms with Crippen LogP contribution in [0.1, 0.15) is 22.9 Å². The molecule has 128 valence electrons. The fourth-order valence-corrected chi connectivity index (χ4v) is 2.83. The van der Waals surface area contributed by atoms with Crippen LogP contribution in [0, 0.1) is 0 Å². The fraction of sp³-hybridized carbons (Fsp3) is 0.190. The second kappa shape index (κ2) is 8.85. The molecular formula is C21H23N2O2+. The lowest BCUT2D eigenvalue weighted by Crippen LogP contribution is -2.87. The number of hydrogen-bond donors (Lipinski definition) is 2. The summed E-state index contributed by atoms with van der Waals surface area (Å²) in [6, 6.07) is 24.1. The van der Waals surface area contributed by atoms with E-state index in [1.807, 2.05) is 53.8 Å². The van der Waals surface area contributed by atoms with Crippen molar-refractivity contribution in [3.63, 3.8) is 0 Å². The van der Waals surface area contributed by atoms with Gasteiger partial charge in [0.05, 0.1) is 6.26 Å². The van der Waals surface area contributed by atoms with Gasteiger partial charge in [-0.1, -0.05) is 60.7 Å². The Kier molecular flexibility index (Phi) is 6.01. The number of amides is 1. The van der Waals surface area contributed by atoms with E-state index < -0.39 is 0 Å². The molecule has 0 aliphatic carbocycles. The number of furan rings is 1. The molecule has 0 aliphatic rings. The molecule has 0 fully saturated rings. The maximum absolute atomic E-state index is 12.2. The van der Waals surface area contributed by atoms with Crippen molar-refractivity contribution in [1.82, 2.24) is 5.32 Å². The van der Waals surface area contributed by atoms with Gasteiger partial charge < -0.3 is 15.1 Å². The molecule has 0 aliphatic heterocycles. The lowest BCUT2D eigenvalue weighted by atomic mass is 10.0. The first-order valence-electron chi connectivity index (χ1n) is 8.55. The minimum absolute atomic E-state index is 0.0175. The summed E-state index contributed by atoms with van der Waals surface area (Å²) in [4.78, 5) is 12.2. The predicted molar refractivity (Wildman–Crippen MR) is 96.9 cm³/mol. The zero-order chi connectivity index (χ0) is 17.3. The summed E-state index contributed by atoms with van der Waals surface area (Å²) < 4.78 is 5.56. The van der Waals surface area contributed by atoms with Gasteiger partial charge in [-0.15, -0.1) is 0 Å². The van der Waals surface area contributed by atoms with E-state index in [1.54, 1.807) is 6.26 Å². The minimum atomic E-state index is -0.0175. The molecule has 1 heterocycles. The number of carbonyl (C=O) groups is 1. The normalized spacial score (nSPS) is 11.8. The maximum atomic E-state index is 12.2. The average molecular weight is 335 g/mol. The Bertz CT molecular complexity index is 755. The molecule has 3 N–H and O–H groups in total. The van der Waals surface area contributed by atoms with E-state index in [0.717, 1.165) is 17.7 Å². The lowest BCUT2D eigenvalue weighted by Gasteiger charge is -2.14. The molecular weight excluding hydrogens is 312 g/mol. The Balaban J connectivity index is 1.52. The van der Waals surface area contributed by atoms with Gasteiger partial charge in [-0.25, -0.2) is 0 Å². The number of nitrogens with one attached hydrogen (secondary N) is 1. The van der Waals surface area contributed by atoms with Crippen LogP contribution in [0.15, 0.2) is 83.5 Å². The minimum Gasteiger partial charge on any atom is -0.463 e. The first-order valence-corrected chi connectivity index (χ1v) is 8.55. The van der Waals surface area contributed by atoms with Crippen molar-refractivity contribution in [3.8, 4) is 0 Å². The Morgan fingerprint density at radius 1 is 0.960 bits per heavy atom. The smallest absolute Gasteiger partial charge is 0.275 e. The van der Waals surface area contributed by atoms with Crippen LogP contribution >= 0.6 is 0 Å². The van der Waals surface area contributed by atoms with Crippen LogP contribution in [0.4, 0.5) is 0 Å². The summed E-state index contributed by atoms with van der Waals surface area (Å²) in [5.41, 5.74) is 2.35. The van der Waals surface area contributed by atoms with E-state index in [2.05, 4.69) is 29.6 Å². The van der Waals surface area contributed by atoms with Gasteiger partial charge >= 0.3 is 0 Å². The molecule has 0 spiro atoms. The van der Waals surface area contributed by atoms with Gasteiger partial charge in [-0.05, 0) is 24.1 Å². The molecule has 0 saturated heterocycles. The van der Waals surface area contributed by atoms with E-state index in [4.69, 9.17) is 4.42 Å². The fourth-order valence-electron chi connectivity index (χ4n) is 2.83. The number of benzene rings is 2. The highest BCUT2D eigenvalue weighted by Gasteiger charge is 2.21. The molecule has 1 aromatic heterocycles. The van der Waals surface area contributed by atoms with Gasteiger partial charge in [0.25, 0.3) is 5.91 Å². The van der Waals surface area contributed by atoms with Gasteiger partial charge in [0, 0.05) is 12.1 Å². The molecule has 0 radical (unpaired) electrons. The van der Waals surface area contributed by atoms with Gasteiger partial charge in [-0.3, -0.25) is 4.79 Å². The molecule has 1 amide bonds. The van der Waals surface area contributed by atoms with Crippen LogP contribution in [0.5, 0.6) is 0 Å². The summed E-state index contributed by atoms with van der Waals surface area (Å²) in [6.07, 6.45) is 2.51. The third-order valence-electron chi connectivity index (χ3n) is 4.13. The molecule has 0 saturated carbocycles. The van der Waals surface area contributed by atoms with Gasteiger partial charge in [0.15, 0.2) is 18.3 Å². The van der Waals surface area contributed by atoms with Gasteiger partial charge in [0.1, 0.15) is 0 Å². The Labute approximate surface area is 147 Å². The molecule has 25 heavy (non-hydrogen) atoms. The Morgan fingerprint density at radius 3 is 2.36 bits per heavy atom. The molecule has 4 heteroatoms. The molecule has 2 aromatic carbocycles. The van der Waals surface area contributed by atoms with Crippen molar-refractivity contribution < 1.29 is 14.5 Å². The van der Waals surface area contributed by atoms with Crippen molar-refractivity contribution in [1.29, 1.82) is 0 Å². The Hall–Kier alpha value is -2.85. The van der Waals surface area contributed by atoms with E-state index in [1.165, 1.54) is 5.56 Å². The first-order chi connectivity index (χ1) is 12.3. The van der Waals surface area contributed by atoms with Crippen LogP contribution < -0.4 is 10.6 Å². The summed E-state index contributed by atoms with van der Waals surface area (Å²) in [6.45, 7) is 1.00. The first kappa shape index (κ1) is 17.0. The highest BCUT2D eigenvalue weighted by Crippen LogP contribution is 2.18. The number of hydrogen-bond acceptors (Lipinski definition) is 2. The van der Waals surface area contributed by atoms with E-state index in [9.17, 15) is 4.79 Å². The van der Waals surface area contributed by atoms with Crippen molar-refractivity contribution >= 4 is 5.91 Å². The third-order valence-corrected chi connectivity index (χ3v) is 4.13. The second-order valence-electron chi connectivity index (χ2n) is 5.93. The summed E-state index contributed by atoms with van der Waals surface area (Å²) in [5.74, 6) is 0.881. The summed E-state index contributed by atoms with van der Waals surface area (Å²) in [5, 5.41) is 4.99. The van der Waals surface area contributed by atoms with Crippen LogP contribution in [-0.4, -0.2) is 19.0 Å². The summed E-state index contributed by atoms with van der Waals surface area (Å²) in [7, 11) is 0. The standard InChI is InChI=1S/C21H22N2O2/c24-20(22-14-13-17-8-3-1-4-9-17)16-23-21(19-12-7-15-25-19)18-10-5-2-6-11-18/h1-12,15,21,23H,13-14,16H2,(H,22,24)/p+1/t21-/m0/s1. The van der Waals surface area contributed by atoms with Crippen LogP contribution in [0.2, 0.25) is 0 Å². The molecule has 3 aromatic rings. The summed E-state index contributed by atoms with van der Waals surface area (Å²) >= 11 is 0. The van der Waals surface area contributed by atoms with Crippen molar-refractivity contribution in [3.05, 3.63) is 95.9 Å². The molecule has 3 rings (SSSR count). The Morgan fingerprint density at radius 2 is 1.68 bits per heavy atom. The predicted octanol–water partition coefficient (Wildman–Crippen LogP) is 2.29. The van der Waals surface area contributed by atoms with E-state index in [0.29, 0.717) is 13.1 Å². The zero-order valence-electron chi connectivity index (χ0n) is 14.1. The highest BCUT2D eigenvalue weighted by molar-refractivity contribution is 5.76. The molecule has 0 unspecified atom stereocenters. The van der Waals surface area contributed by atoms with Crippen LogP contribution in [0.25, 0.3) is 0 Å². The quantitative estimate of drug-likeness (QED) is 0.663. The van der Waals surface area contributed by atoms with Crippen molar-refractivity contribution in [2.24, 2.45) is 0 Å². The second-order valence-corrected chi connectivity index (χ2v) is 5.93. The maximum Gasteiger partial charge on any atom is 0.275 e. The zero-order valence-corrected chi connectivity index (χ0v) is 14.1.